The van der Waals surface area contributed by atoms with Gasteiger partial charge in [0.15, 0.2) is 0 Å². The Morgan fingerprint density at radius 1 is 0.267 bits per heavy atom. The van der Waals surface area contributed by atoms with Gasteiger partial charge in [-0.1, -0.05) is 212 Å². The molecule has 0 N–H and O–H groups in total. The molecule has 0 spiro atoms. The Kier molecular flexibility index (Phi) is 9.89. The molecular formula is C72H46N2O. The van der Waals surface area contributed by atoms with E-state index in [1.165, 1.54) is 48.9 Å². The van der Waals surface area contributed by atoms with E-state index in [2.05, 4.69) is 289 Å². The van der Waals surface area contributed by atoms with Gasteiger partial charge in [0.05, 0.1) is 22.4 Å². The molecular weight excluding hydrogens is 909 g/mol. The highest BCUT2D eigenvalue weighted by Gasteiger charge is 2.24. The molecule has 0 aliphatic rings. The molecule has 0 saturated heterocycles. The van der Waals surface area contributed by atoms with Gasteiger partial charge in [-0.2, -0.15) is 0 Å². The monoisotopic (exact) mass is 954 g/mol. The van der Waals surface area contributed by atoms with E-state index in [0.717, 1.165) is 94.4 Å². The van der Waals surface area contributed by atoms with Gasteiger partial charge in [-0.15, -0.1) is 0 Å². The van der Waals surface area contributed by atoms with Gasteiger partial charge in [0.2, 0.25) is 0 Å². The Morgan fingerprint density at radius 3 is 1.60 bits per heavy atom. The van der Waals surface area contributed by atoms with Crippen LogP contribution < -0.4 is 4.90 Å². The van der Waals surface area contributed by atoms with Gasteiger partial charge < -0.3 is 13.9 Å². The fourth-order valence-electron chi connectivity index (χ4n) is 11.8. The van der Waals surface area contributed by atoms with Gasteiger partial charge in [0, 0.05) is 55.0 Å². The van der Waals surface area contributed by atoms with Crippen molar-refractivity contribution in [1.29, 1.82) is 0 Å². The standard InChI is InChI=1S/C72H46N2O/c1-2-16-48(17-3-1)66-46-53(52-37-41-58-54(44-52)33-32-49-18-4-6-22-57(49)58)38-43-70(66)73(69-31-13-10-26-62(69)63-27-15-28-64-65-42-36-50-19-5-7-23-59(50)71(65)75-72(63)64)55-39-34-47(35-40-55)51-20-14-21-56(45-51)74-67-29-11-8-24-60(67)61-25-9-12-30-68(61)74/h1-46H. The molecule has 0 radical (unpaired) electrons. The van der Waals surface area contributed by atoms with Gasteiger partial charge in [0.1, 0.15) is 11.2 Å². The van der Waals surface area contributed by atoms with Gasteiger partial charge in [-0.05, 0) is 121 Å². The zero-order valence-corrected chi connectivity index (χ0v) is 40.9. The molecule has 3 nitrogen and oxygen atoms in total. The number of furan rings is 1. The van der Waals surface area contributed by atoms with Crippen LogP contribution in [0, 0.1) is 0 Å². The number of hydrogen-bond donors (Lipinski definition) is 0. The van der Waals surface area contributed by atoms with Crippen LogP contribution >= 0.6 is 0 Å². The van der Waals surface area contributed by atoms with E-state index in [9.17, 15) is 0 Å². The highest BCUT2D eigenvalue weighted by molar-refractivity contribution is 6.18. The molecule has 0 atom stereocenters. The summed E-state index contributed by atoms with van der Waals surface area (Å²) >= 11 is 0. The number of anilines is 3. The average molecular weight is 955 g/mol. The predicted molar refractivity (Wildman–Crippen MR) is 317 cm³/mol. The fourth-order valence-corrected chi connectivity index (χ4v) is 11.8. The number of aromatic nitrogens is 1. The summed E-state index contributed by atoms with van der Waals surface area (Å²) in [6.45, 7) is 0. The molecule has 350 valence electrons. The van der Waals surface area contributed by atoms with Crippen LogP contribution in [0.25, 0.3) is 126 Å². The van der Waals surface area contributed by atoms with Crippen molar-refractivity contribution in [3.63, 3.8) is 0 Å². The average Bonchev–Trinajstić information content (AvgIpc) is 4.08. The summed E-state index contributed by atoms with van der Waals surface area (Å²) < 4.78 is 9.43. The summed E-state index contributed by atoms with van der Waals surface area (Å²) in [7, 11) is 0. The number of rotatable bonds is 8. The van der Waals surface area contributed by atoms with E-state index in [4.69, 9.17) is 4.42 Å². The van der Waals surface area contributed by atoms with Crippen molar-refractivity contribution in [2.45, 2.75) is 0 Å². The molecule has 75 heavy (non-hydrogen) atoms. The minimum absolute atomic E-state index is 0.873. The zero-order chi connectivity index (χ0) is 49.4. The quantitative estimate of drug-likeness (QED) is 0.142. The normalized spacial score (nSPS) is 11.7. The Balaban J connectivity index is 0.917. The lowest BCUT2D eigenvalue weighted by atomic mass is 9.93. The van der Waals surface area contributed by atoms with E-state index in [-0.39, 0.29) is 0 Å². The smallest absolute Gasteiger partial charge is 0.143 e. The number of fused-ring (bicyclic) bond motifs is 11. The third kappa shape index (κ3) is 7.05. The van der Waals surface area contributed by atoms with Gasteiger partial charge in [-0.3, -0.25) is 0 Å². The summed E-state index contributed by atoms with van der Waals surface area (Å²) in [6, 6.07) is 102. The van der Waals surface area contributed by atoms with Gasteiger partial charge in [-0.25, -0.2) is 0 Å². The van der Waals surface area contributed by atoms with Crippen LogP contribution in [0.5, 0.6) is 0 Å². The summed E-state index contributed by atoms with van der Waals surface area (Å²) in [5.74, 6) is 0. The first-order chi connectivity index (χ1) is 37.2. The lowest BCUT2D eigenvalue weighted by Gasteiger charge is -2.30. The molecule has 0 unspecified atom stereocenters. The van der Waals surface area contributed by atoms with Crippen molar-refractivity contribution in [2.24, 2.45) is 0 Å². The highest BCUT2D eigenvalue weighted by atomic mass is 16.3. The topological polar surface area (TPSA) is 21.3 Å². The largest absolute Gasteiger partial charge is 0.455 e. The van der Waals surface area contributed by atoms with Crippen LogP contribution in [0.3, 0.4) is 0 Å². The molecule has 2 aromatic heterocycles. The van der Waals surface area contributed by atoms with Crippen molar-refractivity contribution in [3.05, 3.63) is 279 Å². The third-order valence-electron chi connectivity index (χ3n) is 15.4. The molecule has 13 aromatic carbocycles. The SMILES string of the molecule is c1ccc(-c2cc(-c3ccc4c(ccc5ccccc54)c3)ccc2N(c2ccc(-c3cccc(-n4c5ccccc5c5ccccc54)c3)cc2)c2ccccc2-c2cccc3c2oc2c4ccccc4ccc32)cc1. The van der Waals surface area contributed by atoms with E-state index < -0.39 is 0 Å². The summed E-state index contributed by atoms with van der Waals surface area (Å²) in [5.41, 5.74) is 17.4. The summed E-state index contributed by atoms with van der Waals surface area (Å²) in [6.07, 6.45) is 0. The van der Waals surface area contributed by atoms with Gasteiger partial charge in [0.25, 0.3) is 0 Å². The van der Waals surface area contributed by atoms with Crippen molar-refractivity contribution >= 4 is 93.1 Å². The van der Waals surface area contributed by atoms with Crippen molar-refractivity contribution < 1.29 is 4.42 Å². The molecule has 0 bridgehead atoms. The minimum Gasteiger partial charge on any atom is -0.455 e. The second kappa shape index (κ2) is 17.4. The van der Waals surface area contributed by atoms with E-state index in [1.807, 2.05) is 0 Å². The van der Waals surface area contributed by atoms with Gasteiger partial charge >= 0.3 is 0 Å². The Labute approximate surface area is 434 Å². The lowest BCUT2D eigenvalue weighted by molar-refractivity contribution is 0.674. The Morgan fingerprint density at radius 2 is 0.787 bits per heavy atom. The Hall–Kier alpha value is -9.96. The van der Waals surface area contributed by atoms with Crippen LogP contribution in [0.15, 0.2) is 283 Å². The molecule has 2 heterocycles. The van der Waals surface area contributed by atoms with E-state index in [0.29, 0.717) is 0 Å². The molecule has 0 amide bonds. The number of hydrogen-bond acceptors (Lipinski definition) is 2. The first-order valence-electron chi connectivity index (χ1n) is 25.7. The van der Waals surface area contributed by atoms with Crippen LogP contribution in [0.4, 0.5) is 17.1 Å². The highest BCUT2D eigenvalue weighted by Crippen LogP contribution is 2.49. The number of benzene rings is 13. The second-order valence-corrected chi connectivity index (χ2v) is 19.6. The molecule has 0 saturated carbocycles. The van der Waals surface area contributed by atoms with Crippen LogP contribution in [0.2, 0.25) is 0 Å². The molecule has 3 heteroatoms. The lowest BCUT2D eigenvalue weighted by Crippen LogP contribution is -2.12. The first-order valence-corrected chi connectivity index (χ1v) is 25.7. The zero-order valence-electron chi connectivity index (χ0n) is 40.9. The van der Waals surface area contributed by atoms with Crippen molar-refractivity contribution in [1.82, 2.24) is 4.57 Å². The maximum absolute atomic E-state index is 7.04. The predicted octanol–water partition coefficient (Wildman–Crippen LogP) is 20.3. The molecule has 0 aliphatic heterocycles. The second-order valence-electron chi connectivity index (χ2n) is 19.6. The van der Waals surface area contributed by atoms with Crippen molar-refractivity contribution in [2.75, 3.05) is 4.90 Å². The van der Waals surface area contributed by atoms with E-state index >= 15 is 0 Å². The number of para-hydroxylation sites is 4. The molecule has 15 rings (SSSR count). The van der Waals surface area contributed by atoms with E-state index in [1.54, 1.807) is 0 Å². The number of nitrogens with zero attached hydrogens (tertiary/aromatic N) is 2. The maximum Gasteiger partial charge on any atom is 0.143 e. The van der Waals surface area contributed by atoms with Crippen LogP contribution in [-0.2, 0) is 0 Å². The van der Waals surface area contributed by atoms with Crippen LogP contribution in [-0.4, -0.2) is 4.57 Å². The maximum atomic E-state index is 7.04. The third-order valence-corrected chi connectivity index (χ3v) is 15.4. The molecule has 0 aliphatic carbocycles. The Bertz CT molecular complexity index is 4660. The molecule has 15 aromatic rings. The van der Waals surface area contributed by atoms with Crippen LogP contribution in [0.1, 0.15) is 0 Å². The fraction of sp³-hybridized carbons (Fsp3) is 0. The molecule has 0 fully saturated rings. The minimum atomic E-state index is 0.873. The summed E-state index contributed by atoms with van der Waals surface area (Å²) in [4.78, 5) is 2.45. The summed E-state index contributed by atoms with van der Waals surface area (Å²) in [5, 5.41) is 12.0. The first kappa shape index (κ1) is 42.7. The van der Waals surface area contributed by atoms with Crippen molar-refractivity contribution in [3.8, 4) is 50.2 Å².